The van der Waals surface area contributed by atoms with Crippen LogP contribution in [0, 0.1) is 0 Å². The van der Waals surface area contributed by atoms with Crippen molar-refractivity contribution < 1.29 is 5.21 Å². The molecule has 2 unspecified atom stereocenters. The normalized spacial score (nSPS) is 43.0. The van der Waals surface area contributed by atoms with Crippen molar-refractivity contribution in [3.05, 3.63) is 0 Å². The number of hydrogen-bond donors (Lipinski definition) is 1. The molecule has 2 nitrogen and oxygen atoms in total. The maximum atomic E-state index is 9.96. The Labute approximate surface area is 101 Å². The molecule has 1 heterocycles. The van der Waals surface area contributed by atoms with Crippen molar-refractivity contribution in [1.29, 1.82) is 0 Å². The third-order valence-corrected chi connectivity index (χ3v) is 5.75. The molecule has 0 saturated carbocycles. The minimum atomic E-state index is -0.102. The lowest BCUT2D eigenvalue weighted by molar-refractivity contribution is -0.207. The fraction of sp³-hybridized carbons (Fsp3) is 1.00. The molecule has 0 aliphatic carbocycles. The molecule has 1 fully saturated rings. The number of halogens is 2. The van der Waals surface area contributed by atoms with Gasteiger partial charge in [0.2, 0.25) is 0 Å². The first-order valence-electron chi connectivity index (χ1n) is 4.10. The first kappa shape index (κ1) is 11.5. The van der Waals surface area contributed by atoms with Crippen LogP contribution in [0.5, 0.6) is 0 Å². The van der Waals surface area contributed by atoms with Crippen LogP contribution in [0.3, 0.4) is 0 Å². The molecule has 0 aromatic carbocycles. The summed E-state index contributed by atoms with van der Waals surface area (Å²) in [5.74, 6) is 0. The Bertz CT molecular complexity index is 182. The summed E-state index contributed by atoms with van der Waals surface area (Å²) in [5.41, 5.74) is -0.102. The number of alkyl halides is 2. The highest BCUT2D eigenvalue weighted by Gasteiger charge is 2.46. The number of hydroxylamine groups is 2. The van der Waals surface area contributed by atoms with Crippen LogP contribution < -0.4 is 0 Å². The van der Waals surface area contributed by atoms with Gasteiger partial charge in [0.15, 0.2) is 0 Å². The molecule has 12 heavy (non-hydrogen) atoms. The van der Waals surface area contributed by atoms with Crippen LogP contribution >= 0.6 is 45.2 Å². The smallest absolute Gasteiger partial charge is 0.0948 e. The van der Waals surface area contributed by atoms with E-state index in [1.54, 1.807) is 0 Å². The minimum absolute atomic E-state index is 0.0943. The van der Waals surface area contributed by atoms with Gasteiger partial charge in [0.25, 0.3) is 0 Å². The summed E-state index contributed by atoms with van der Waals surface area (Å²) in [6, 6.07) is 0. The van der Waals surface area contributed by atoms with Crippen LogP contribution in [0.15, 0.2) is 0 Å². The molecule has 0 radical (unpaired) electrons. The summed E-state index contributed by atoms with van der Waals surface area (Å²) >= 11 is 4.75. The van der Waals surface area contributed by atoms with Crippen LogP contribution in [0.2, 0.25) is 0 Å². The molecule has 1 aliphatic rings. The van der Waals surface area contributed by atoms with E-state index in [4.69, 9.17) is 0 Å². The average Bonchev–Trinajstić information content (AvgIpc) is 1.96. The van der Waals surface area contributed by atoms with Crippen molar-refractivity contribution in [1.82, 2.24) is 5.06 Å². The molecule has 1 aliphatic heterocycles. The standard InChI is InChI=1S/C8H15I2NO/c1-7(2)6(9)4-5-8(3,10)11(7)12/h6,12H,4-5H2,1-3H3. The Balaban J connectivity index is 2.86. The number of piperidine rings is 1. The molecule has 1 N–H and O–H groups in total. The van der Waals surface area contributed by atoms with Gasteiger partial charge in [0.05, 0.1) is 9.08 Å². The van der Waals surface area contributed by atoms with Crippen LogP contribution in [-0.4, -0.2) is 23.3 Å². The fourth-order valence-corrected chi connectivity index (χ4v) is 3.09. The lowest BCUT2D eigenvalue weighted by atomic mass is 9.89. The second-order valence-corrected chi connectivity index (χ2v) is 7.94. The number of nitrogens with zero attached hydrogens (tertiary/aromatic N) is 1. The molecule has 4 heteroatoms. The molecule has 2 atom stereocenters. The maximum absolute atomic E-state index is 9.96. The van der Waals surface area contributed by atoms with Crippen molar-refractivity contribution in [2.24, 2.45) is 0 Å². The quantitative estimate of drug-likeness (QED) is 0.387. The van der Waals surface area contributed by atoms with Gasteiger partial charge in [-0.05, 0) is 33.6 Å². The summed E-state index contributed by atoms with van der Waals surface area (Å²) in [5, 5.41) is 11.5. The van der Waals surface area contributed by atoms with E-state index in [0.717, 1.165) is 6.42 Å². The highest BCUT2D eigenvalue weighted by atomic mass is 127. The Morgan fingerprint density at radius 3 is 2.33 bits per heavy atom. The summed E-state index contributed by atoms with van der Waals surface area (Å²) in [4.78, 5) is 0. The van der Waals surface area contributed by atoms with Crippen molar-refractivity contribution in [2.45, 2.75) is 46.6 Å². The van der Waals surface area contributed by atoms with Gasteiger partial charge in [-0.15, -0.1) is 0 Å². The van der Waals surface area contributed by atoms with Crippen molar-refractivity contribution in [3.8, 4) is 0 Å². The molecule has 1 saturated heterocycles. The van der Waals surface area contributed by atoms with E-state index in [0.29, 0.717) is 3.92 Å². The van der Waals surface area contributed by atoms with Gasteiger partial charge in [0.1, 0.15) is 0 Å². The summed E-state index contributed by atoms with van der Waals surface area (Å²) < 4.78 is 0.436. The predicted molar refractivity (Wildman–Crippen MR) is 67.2 cm³/mol. The molecule has 1 rings (SSSR count). The van der Waals surface area contributed by atoms with Gasteiger partial charge in [-0.2, -0.15) is 5.06 Å². The van der Waals surface area contributed by atoms with Crippen molar-refractivity contribution >= 4 is 45.2 Å². The topological polar surface area (TPSA) is 23.5 Å². The third kappa shape index (κ3) is 1.90. The van der Waals surface area contributed by atoms with E-state index in [2.05, 4.69) is 66.0 Å². The average molecular weight is 395 g/mol. The van der Waals surface area contributed by atoms with Crippen LogP contribution in [0.4, 0.5) is 0 Å². The van der Waals surface area contributed by atoms with Gasteiger partial charge in [0, 0.05) is 3.92 Å². The van der Waals surface area contributed by atoms with Crippen LogP contribution in [-0.2, 0) is 0 Å². The van der Waals surface area contributed by atoms with Crippen LogP contribution in [0.1, 0.15) is 33.6 Å². The maximum Gasteiger partial charge on any atom is 0.0948 e. The van der Waals surface area contributed by atoms with Crippen molar-refractivity contribution in [2.75, 3.05) is 0 Å². The van der Waals surface area contributed by atoms with Crippen LogP contribution in [0.25, 0.3) is 0 Å². The predicted octanol–water partition coefficient (Wildman–Crippen LogP) is 3.20. The zero-order chi connectivity index (χ0) is 9.57. The van der Waals surface area contributed by atoms with E-state index in [1.807, 2.05) is 0 Å². The molecular formula is C8H15I2NO. The lowest BCUT2D eigenvalue weighted by Gasteiger charge is -2.50. The molecule has 0 bridgehead atoms. The summed E-state index contributed by atoms with van der Waals surface area (Å²) in [6.07, 6.45) is 2.24. The van der Waals surface area contributed by atoms with Gasteiger partial charge < -0.3 is 5.21 Å². The van der Waals surface area contributed by atoms with Gasteiger partial charge >= 0.3 is 0 Å². The van der Waals surface area contributed by atoms with E-state index in [9.17, 15) is 5.21 Å². The van der Waals surface area contributed by atoms with E-state index < -0.39 is 0 Å². The van der Waals surface area contributed by atoms with E-state index >= 15 is 0 Å². The monoisotopic (exact) mass is 395 g/mol. The van der Waals surface area contributed by atoms with Gasteiger partial charge in [-0.25, -0.2) is 0 Å². The Kier molecular flexibility index (Phi) is 3.35. The second-order valence-electron chi connectivity index (χ2n) is 4.11. The van der Waals surface area contributed by atoms with E-state index in [1.165, 1.54) is 11.5 Å². The lowest BCUT2D eigenvalue weighted by Crippen LogP contribution is -2.60. The second kappa shape index (κ2) is 3.51. The minimum Gasteiger partial charge on any atom is -0.312 e. The molecular weight excluding hydrogens is 380 g/mol. The highest BCUT2D eigenvalue weighted by Crippen LogP contribution is 2.43. The zero-order valence-corrected chi connectivity index (χ0v) is 12.0. The first-order valence-corrected chi connectivity index (χ1v) is 6.43. The Morgan fingerprint density at radius 1 is 1.42 bits per heavy atom. The Hall–Kier alpha value is 1.38. The van der Waals surface area contributed by atoms with Gasteiger partial charge in [-0.1, -0.05) is 45.2 Å². The van der Waals surface area contributed by atoms with Crippen molar-refractivity contribution in [3.63, 3.8) is 0 Å². The molecule has 0 aromatic heterocycles. The van der Waals surface area contributed by atoms with Gasteiger partial charge in [-0.3, -0.25) is 0 Å². The molecule has 0 aromatic rings. The molecule has 0 amide bonds. The highest BCUT2D eigenvalue weighted by molar-refractivity contribution is 14.1. The summed E-state index contributed by atoms with van der Waals surface area (Å²) in [7, 11) is 0. The fourth-order valence-electron chi connectivity index (χ4n) is 1.58. The SMILES string of the molecule is CC1(I)CCC(I)C(C)(C)N1O. The third-order valence-electron chi connectivity index (χ3n) is 2.61. The summed E-state index contributed by atoms with van der Waals surface area (Å²) in [6.45, 7) is 6.28. The largest absolute Gasteiger partial charge is 0.312 e. The zero-order valence-electron chi connectivity index (χ0n) is 7.64. The Morgan fingerprint density at radius 2 is 1.92 bits per heavy atom. The number of hydrogen-bond acceptors (Lipinski definition) is 2. The first-order chi connectivity index (χ1) is 5.28. The van der Waals surface area contributed by atoms with E-state index in [-0.39, 0.29) is 9.08 Å². The molecule has 0 spiro atoms. The number of rotatable bonds is 0. The molecule has 72 valence electrons.